The largest absolute Gasteiger partial charge is 0.311 e. The topological polar surface area (TPSA) is 15.3 Å². The van der Waals surface area contributed by atoms with Crippen LogP contribution in [0.15, 0.2) is 0 Å². The molecule has 0 amide bonds. The van der Waals surface area contributed by atoms with Crippen LogP contribution in [0.4, 0.5) is 0 Å². The summed E-state index contributed by atoms with van der Waals surface area (Å²) in [5, 5.41) is 3.82. The molecular formula is C13H26N2. The molecule has 0 spiro atoms. The highest BCUT2D eigenvalue weighted by Crippen LogP contribution is 2.45. The first-order chi connectivity index (χ1) is 6.99. The molecule has 1 aliphatic carbocycles. The highest BCUT2D eigenvalue weighted by molar-refractivity contribution is 5.03. The lowest BCUT2D eigenvalue weighted by Gasteiger charge is -2.35. The molecular weight excluding hydrogens is 184 g/mol. The zero-order chi connectivity index (χ0) is 11.1. The molecule has 2 heteroatoms. The Balaban J connectivity index is 1.70. The Morgan fingerprint density at radius 2 is 1.73 bits per heavy atom. The van der Waals surface area contributed by atoms with E-state index in [0.29, 0.717) is 5.41 Å². The normalized spacial score (nSPS) is 32.2. The van der Waals surface area contributed by atoms with Gasteiger partial charge in [0.25, 0.3) is 0 Å². The Morgan fingerprint density at radius 1 is 1.20 bits per heavy atom. The quantitative estimate of drug-likeness (QED) is 0.768. The standard InChI is InChI=1S/C13H26N2/c1-10(2)15-7-5-11(6-8-15)14-12-9-13(12,3)4/h10-12,14H,5-9H2,1-4H3. The lowest BCUT2D eigenvalue weighted by atomic mass is 10.0. The first kappa shape index (κ1) is 11.4. The van der Waals surface area contributed by atoms with Crippen LogP contribution < -0.4 is 5.32 Å². The monoisotopic (exact) mass is 210 g/mol. The van der Waals surface area contributed by atoms with Crippen LogP contribution in [-0.4, -0.2) is 36.1 Å². The summed E-state index contributed by atoms with van der Waals surface area (Å²) in [6.45, 7) is 11.9. The Bertz CT molecular complexity index is 215. The van der Waals surface area contributed by atoms with Crippen molar-refractivity contribution >= 4 is 0 Å². The van der Waals surface area contributed by atoms with Gasteiger partial charge in [0, 0.05) is 18.1 Å². The second-order valence-electron chi connectivity index (χ2n) is 6.32. The van der Waals surface area contributed by atoms with Crippen LogP contribution in [0.3, 0.4) is 0 Å². The number of nitrogens with one attached hydrogen (secondary N) is 1. The van der Waals surface area contributed by atoms with Crippen molar-refractivity contribution in [2.75, 3.05) is 13.1 Å². The van der Waals surface area contributed by atoms with E-state index in [1.165, 1.54) is 32.4 Å². The van der Waals surface area contributed by atoms with Gasteiger partial charge in [-0.15, -0.1) is 0 Å². The predicted octanol–water partition coefficient (Wildman–Crippen LogP) is 2.25. The summed E-state index contributed by atoms with van der Waals surface area (Å²) in [7, 11) is 0. The molecule has 0 aromatic heterocycles. The minimum Gasteiger partial charge on any atom is -0.311 e. The molecule has 0 radical (unpaired) electrons. The molecule has 1 aliphatic heterocycles. The van der Waals surface area contributed by atoms with Gasteiger partial charge in [-0.1, -0.05) is 13.8 Å². The fourth-order valence-corrected chi connectivity index (χ4v) is 2.62. The third-order valence-corrected chi connectivity index (χ3v) is 4.21. The lowest BCUT2D eigenvalue weighted by molar-refractivity contribution is 0.159. The highest BCUT2D eigenvalue weighted by atomic mass is 15.2. The smallest absolute Gasteiger partial charge is 0.0127 e. The van der Waals surface area contributed by atoms with E-state index in [-0.39, 0.29) is 0 Å². The summed E-state index contributed by atoms with van der Waals surface area (Å²) < 4.78 is 0. The Labute approximate surface area is 94.4 Å². The molecule has 0 aromatic rings. The summed E-state index contributed by atoms with van der Waals surface area (Å²) in [6, 6.07) is 2.31. The van der Waals surface area contributed by atoms with Crippen LogP contribution in [0.25, 0.3) is 0 Å². The Hall–Kier alpha value is -0.0800. The molecule has 0 bridgehead atoms. The average Bonchev–Trinajstić information content (AvgIpc) is 2.74. The van der Waals surface area contributed by atoms with Crippen molar-refractivity contribution in [2.45, 2.75) is 65.1 Å². The van der Waals surface area contributed by atoms with Gasteiger partial charge in [0.1, 0.15) is 0 Å². The van der Waals surface area contributed by atoms with E-state index in [4.69, 9.17) is 0 Å². The maximum atomic E-state index is 3.82. The minimum absolute atomic E-state index is 0.579. The molecule has 1 N–H and O–H groups in total. The fraction of sp³-hybridized carbons (Fsp3) is 1.00. The van der Waals surface area contributed by atoms with Crippen LogP contribution >= 0.6 is 0 Å². The van der Waals surface area contributed by atoms with Gasteiger partial charge in [0.05, 0.1) is 0 Å². The molecule has 0 aromatic carbocycles. The summed E-state index contributed by atoms with van der Waals surface area (Å²) in [5.74, 6) is 0. The number of hydrogen-bond acceptors (Lipinski definition) is 2. The maximum Gasteiger partial charge on any atom is 0.0127 e. The van der Waals surface area contributed by atoms with Crippen molar-refractivity contribution in [3.8, 4) is 0 Å². The lowest BCUT2D eigenvalue weighted by Crippen LogP contribution is -2.46. The molecule has 15 heavy (non-hydrogen) atoms. The van der Waals surface area contributed by atoms with Crippen LogP contribution in [0.2, 0.25) is 0 Å². The zero-order valence-electron chi connectivity index (χ0n) is 10.7. The van der Waals surface area contributed by atoms with Crippen molar-refractivity contribution < 1.29 is 0 Å². The van der Waals surface area contributed by atoms with E-state index in [9.17, 15) is 0 Å². The third kappa shape index (κ3) is 2.73. The van der Waals surface area contributed by atoms with E-state index < -0.39 is 0 Å². The zero-order valence-corrected chi connectivity index (χ0v) is 10.7. The van der Waals surface area contributed by atoms with Gasteiger partial charge >= 0.3 is 0 Å². The molecule has 1 heterocycles. The van der Waals surface area contributed by atoms with Gasteiger partial charge in [-0.3, -0.25) is 0 Å². The first-order valence-corrected chi connectivity index (χ1v) is 6.49. The summed E-state index contributed by atoms with van der Waals surface area (Å²) in [6.07, 6.45) is 4.05. The van der Waals surface area contributed by atoms with Gasteiger partial charge in [-0.05, 0) is 51.6 Å². The number of likely N-dealkylation sites (tertiary alicyclic amines) is 1. The second-order valence-corrected chi connectivity index (χ2v) is 6.32. The molecule has 2 rings (SSSR count). The van der Waals surface area contributed by atoms with Crippen molar-refractivity contribution in [3.63, 3.8) is 0 Å². The number of rotatable bonds is 3. The molecule has 1 saturated carbocycles. The van der Waals surface area contributed by atoms with Crippen molar-refractivity contribution in [3.05, 3.63) is 0 Å². The number of piperidine rings is 1. The van der Waals surface area contributed by atoms with Crippen LogP contribution in [0.1, 0.15) is 47.0 Å². The van der Waals surface area contributed by atoms with E-state index in [1.54, 1.807) is 0 Å². The number of nitrogens with zero attached hydrogens (tertiary/aromatic N) is 1. The van der Waals surface area contributed by atoms with E-state index in [1.807, 2.05) is 0 Å². The fourth-order valence-electron chi connectivity index (χ4n) is 2.62. The van der Waals surface area contributed by atoms with E-state index >= 15 is 0 Å². The predicted molar refractivity (Wildman–Crippen MR) is 65.1 cm³/mol. The van der Waals surface area contributed by atoms with Crippen molar-refractivity contribution in [2.24, 2.45) is 5.41 Å². The van der Waals surface area contributed by atoms with Gasteiger partial charge in [-0.2, -0.15) is 0 Å². The molecule has 2 fully saturated rings. The molecule has 88 valence electrons. The molecule has 2 nitrogen and oxygen atoms in total. The van der Waals surface area contributed by atoms with Gasteiger partial charge in [-0.25, -0.2) is 0 Å². The average molecular weight is 210 g/mol. The molecule has 1 saturated heterocycles. The van der Waals surface area contributed by atoms with Crippen molar-refractivity contribution in [1.29, 1.82) is 0 Å². The van der Waals surface area contributed by atoms with Crippen LogP contribution in [-0.2, 0) is 0 Å². The third-order valence-electron chi connectivity index (χ3n) is 4.21. The van der Waals surface area contributed by atoms with Gasteiger partial charge < -0.3 is 10.2 Å². The SMILES string of the molecule is CC(C)N1CCC(NC2CC2(C)C)CC1. The van der Waals surface area contributed by atoms with Crippen LogP contribution in [0.5, 0.6) is 0 Å². The first-order valence-electron chi connectivity index (χ1n) is 6.49. The van der Waals surface area contributed by atoms with E-state index in [0.717, 1.165) is 18.1 Å². The van der Waals surface area contributed by atoms with Gasteiger partial charge in [0.2, 0.25) is 0 Å². The summed E-state index contributed by atoms with van der Waals surface area (Å²) in [5.41, 5.74) is 0.579. The highest BCUT2D eigenvalue weighted by Gasteiger charge is 2.46. The summed E-state index contributed by atoms with van der Waals surface area (Å²) in [4.78, 5) is 2.59. The van der Waals surface area contributed by atoms with Crippen molar-refractivity contribution in [1.82, 2.24) is 10.2 Å². The molecule has 1 unspecified atom stereocenters. The Kier molecular flexibility index (Phi) is 3.09. The number of hydrogen-bond donors (Lipinski definition) is 1. The summed E-state index contributed by atoms with van der Waals surface area (Å²) >= 11 is 0. The second kappa shape index (κ2) is 4.06. The van der Waals surface area contributed by atoms with Gasteiger partial charge in [0.15, 0.2) is 0 Å². The van der Waals surface area contributed by atoms with E-state index in [2.05, 4.69) is 37.9 Å². The minimum atomic E-state index is 0.579. The maximum absolute atomic E-state index is 3.82. The van der Waals surface area contributed by atoms with Crippen LogP contribution in [0, 0.1) is 5.41 Å². The Morgan fingerprint density at radius 3 is 2.13 bits per heavy atom. The molecule has 2 aliphatic rings. The molecule has 1 atom stereocenters.